The summed E-state index contributed by atoms with van der Waals surface area (Å²) in [6, 6.07) is -0.677. The highest BCUT2D eigenvalue weighted by Gasteiger charge is 2.30. The Morgan fingerprint density at radius 2 is 1.45 bits per heavy atom. The summed E-state index contributed by atoms with van der Waals surface area (Å²) in [7, 11) is 0. The number of aliphatic carboxylic acids is 1. The van der Waals surface area contributed by atoms with E-state index >= 15 is 0 Å². The third-order valence-electron chi connectivity index (χ3n) is 3.78. The Labute approximate surface area is 138 Å². The van der Waals surface area contributed by atoms with Crippen molar-refractivity contribution in [3.05, 3.63) is 0 Å². The molecule has 0 saturated heterocycles. The molecule has 1 atom stereocenters. The van der Waals surface area contributed by atoms with E-state index in [2.05, 4.69) is 5.32 Å². The summed E-state index contributed by atoms with van der Waals surface area (Å²) in [5.41, 5.74) is -0.676. The molecule has 0 aliphatic rings. The zero-order chi connectivity index (χ0) is 17.4. The highest BCUT2D eigenvalue weighted by molar-refractivity contribution is 5.84. The molecule has 0 aromatic rings. The summed E-state index contributed by atoms with van der Waals surface area (Å²) < 4.78 is 0. The van der Waals surface area contributed by atoms with Crippen molar-refractivity contribution in [3.63, 3.8) is 0 Å². The van der Waals surface area contributed by atoms with E-state index in [1.165, 1.54) is 0 Å². The van der Waals surface area contributed by atoms with Gasteiger partial charge in [0.2, 0.25) is 0 Å². The predicted octanol–water partition coefficient (Wildman–Crippen LogP) is 4.52. The first kappa shape index (κ1) is 26.0. The standard InChI is InChI=1S/C15H29NO3.C2H6.CH4/c1-10(2)15(6,7)16-11(13(18)19)8-9-12(17)14(3,4)5;1-2;/h10-11,16H,8-9H2,1-7H3,(H,18,19);1-2H3;1H4/t11-;;/m0../s1. The van der Waals surface area contributed by atoms with Crippen molar-refractivity contribution in [1.29, 1.82) is 0 Å². The third kappa shape index (κ3) is 9.93. The lowest BCUT2D eigenvalue weighted by atomic mass is 9.86. The molecule has 4 nitrogen and oxygen atoms in total. The zero-order valence-corrected chi connectivity index (χ0v) is 15.3. The molecule has 0 heterocycles. The van der Waals surface area contributed by atoms with Gasteiger partial charge in [0.05, 0.1) is 0 Å². The van der Waals surface area contributed by atoms with E-state index in [9.17, 15) is 14.7 Å². The molecule has 4 heteroatoms. The molecule has 0 saturated carbocycles. The average molecular weight is 318 g/mol. The van der Waals surface area contributed by atoms with Gasteiger partial charge in [-0.1, -0.05) is 55.9 Å². The first-order chi connectivity index (χ1) is 9.38. The Kier molecular flexibility index (Phi) is 12.7. The summed E-state index contributed by atoms with van der Waals surface area (Å²) in [6.07, 6.45) is 0.628. The van der Waals surface area contributed by atoms with Crippen LogP contribution in [-0.4, -0.2) is 28.4 Å². The van der Waals surface area contributed by atoms with E-state index < -0.39 is 17.4 Å². The van der Waals surface area contributed by atoms with Crippen LogP contribution in [0.4, 0.5) is 0 Å². The zero-order valence-electron chi connectivity index (χ0n) is 15.3. The van der Waals surface area contributed by atoms with Crippen LogP contribution in [0.3, 0.4) is 0 Å². The predicted molar refractivity (Wildman–Crippen MR) is 95.3 cm³/mol. The molecule has 0 bridgehead atoms. The fourth-order valence-electron chi connectivity index (χ4n) is 1.52. The lowest BCUT2D eigenvalue weighted by molar-refractivity contribution is -0.140. The number of hydrogen-bond acceptors (Lipinski definition) is 3. The van der Waals surface area contributed by atoms with Crippen LogP contribution in [0.25, 0.3) is 0 Å². The fraction of sp³-hybridized carbons (Fsp3) is 0.889. The summed E-state index contributed by atoms with van der Waals surface area (Å²) in [4.78, 5) is 23.2. The molecule has 0 aromatic heterocycles. The van der Waals surface area contributed by atoms with Gasteiger partial charge in [-0.2, -0.15) is 0 Å². The number of carboxylic acids is 1. The first-order valence-electron chi connectivity index (χ1n) is 7.91. The summed E-state index contributed by atoms with van der Waals surface area (Å²) in [5.74, 6) is -0.481. The fourth-order valence-corrected chi connectivity index (χ4v) is 1.52. The Morgan fingerprint density at radius 3 is 1.73 bits per heavy atom. The molecule has 0 aromatic carbocycles. The Morgan fingerprint density at radius 1 is 1.05 bits per heavy atom. The molecule has 22 heavy (non-hydrogen) atoms. The lowest BCUT2D eigenvalue weighted by Crippen LogP contribution is -2.52. The van der Waals surface area contributed by atoms with E-state index in [-0.39, 0.29) is 18.7 Å². The molecular weight excluding hydrogens is 278 g/mol. The molecular formula is C18H39NO3. The van der Waals surface area contributed by atoms with Gasteiger partial charge < -0.3 is 5.11 Å². The molecule has 2 N–H and O–H groups in total. The number of nitrogens with one attached hydrogen (secondary N) is 1. The van der Waals surface area contributed by atoms with E-state index in [0.717, 1.165) is 0 Å². The Balaban J connectivity index is -0.00000115. The number of Topliss-reactive ketones (excluding diaryl/α,β-unsaturated/α-hetero) is 1. The SMILES string of the molecule is C.CC.CC(C)C(C)(C)N[C@@H](CCC(=O)C(C)(C)C)C(=O)O. The number of carbonyl (C=O) groups excluding carboxylic acids is 1. The maximum absolute atomic E-state index is 11.9. The topological polar surface area (TPSA) is 66.4 Å². The van der Waals surface area contributed by atoms with E-state index in [1.807, 2.05) is 62.3 Å². The monoisotopic (exact) mass is 317 g/mol. The van der Waals surface area contributed by atoms with E-state index in [4.69, 9.17) is 0 Å². The van der Waals surface area contributed by atoms with E-state index in [1.54, 1.807) is 0 Å². The Hall–Kier alpha value is -0.900. The van der Waals surface area contributed by atoms with Gasteiger partial charge in [0.25, 0.3) is 0 Å². The smallest absolute Gasteiger partial charge is 0.320 e. The Bertz CT molecular complexity index is 328. The average Bonchev–Trinajstić information content (AvgIpc) is 2.34. The van der Waals surface area contributed by atoms with Crippen LogP contribution in [0.5, 0.6) is 0 Å². The number of hydrogen-bond donors (Lipinski definition) is 2. The second-order valence-electron chi connectivity index (χ2n) is 7.12. The van der Waals surface area contributed by atoms with E-state index in [0.29, 0.717) is 18.8 Å². The van der Waals surface area contributed by atoms with Crippen LogP contribution < -0.4 is 5.32 Å². The number of ketones is 1. The molecule has 0 radical (unpaired) electrons. The van der Waals surface area contributed by atoms with Crippen LogP contribution in [0.2, 0.25) is 0 Å². The van der Waals surface area contributed by atoms with Crippen LogP contribution in [0, 0.1) is 11.3 Å². The molecule has 0 aliphatic carbocycles. The van der Waals surface area contributed by atoms with Crippen molar-refractivity contribution in [2.75, 3.05) is 0 Å². The minimum atomic E-state index is -0.893. The van der Waals surface area contributed by atoms with Gasteiger partial charge >= 0.3 is 5.97 Å². The molecule has 0 amide bonds. The molecule has 134 valence electrons. The second-order valence-corrected chi connectivity index (χ2v) is 7.12. The van der Waals surface area contributed by atoms with Gasteiger partial charge in [-0.05, 0) is 26.2 Å². The summed E-state index contributed by atoms with van der Waals surface area (Å²) >= 11 is 0. The van der Waals surface area contributed by atoms with Crippen LogP contribution >= 0.6 is 0 Å². The normalized spacial score (nSPS) is 12.8. The lowest BCUT2D eigenvalue weighted by Gasteiger charge is -2.34. The highest BCUT2D eigenvalue weighted by atomic mass is 16.4. The van der Waals surface area contributed by atoms with Gasteiger partial charge in [0, 0.05) is 17.4 Å². The van der Waals surface area contributed by atoms with Crippen LogP contribution in [0.15, 0.2) is 0 Å². The third-order valence-corrected chi connectivity index (χ3v) is 3.78. The van der Waals surface area contributed by atoms with Crippen molar-refractivity contribution >= 4 is 11.8 Å². The summed E-state index contributed by atoms with van der Waals surface area (Å²) in [6.45, 7) is 17.6. The van der Waals surface area contributed by atoms with Crippen molar-refractivity contribution < 1.29 is 14.7 Å². The highest BCUT2D eigenvalue weighted by Crippen LogP contribution is 2.20. The second kappa shape index (κ2) is 10.8. The van der Waals surface area contributed by atoms with Gasteiger partial charge in [0.1, 0.15) is 11.8 Å². The number of carbonyl (C=O) groups is 2. The number of rotatable bonds is 7. The minimum Gasteiger partial charge on any atom is -0.480 e. The van der Waals surface area contributed by atoms with Gasteiger partial charge in [-0.25, -0.2) is 0 Å². The number of carboxylic acid groups (broad SMARTS) is 1. The maximum Gasteiger partial charge on any atom is 0.320 e. The molecule has 0 aliphatic heterocycles. The maximum atomic E-state index is 11.9. The van der Waals surface area contributed by atoms with Crippen LogP contribution in [0.1, 0.15) is 82.6 Å². The van der Waals surface area contributed by atoms with Gasteiger partial charge in [0.15, 0.2) is 0 Å². The molecule has 0 spiro atoms. The first-order valence-corrected chi connectivity index (χ1v) is 7.91. The largest absolute Gasteiger partial charge is 0.480 e. The van der Waals surface area contributed by atoms with Crippen LogP contribution in [-0.2, 0) is 9.59 Å². The molecule has 0 rings (SSSR count). The summed E-state index contributed by atoms with van der Waals surface area (Å²) in [5, 5.41) is 12.4. The van der Waals surface area contributed by atoms with Crippen molar-refractivity contribution in [2.24, 2.45) is 11.3 Å². The molecule has 0 unspecified atom stereocenters. The van der Waals surface area contributed by atoms with Gasteiger partial charge in [-0.15, -0.1) is 0 Å². The quantitative estimate of drug-likeness (QED) is 0.724. The van der Waals surface area contributed by atoms with Crippen molar-refractivity contribution in [1.82, 2.24) is 5.32 Å². The van der Waals surface area contributed by atoms with Crippen molar-refractivity contribution in [2.45, 2.75) is 94.2 Å². The van der Waals surface area contributed by atoms with Gasteiger partial charge in [-0.3, -0.25) is 14.9 Å². The molecule has 0 fully saturated rings. The minimum absolute atomic E-state index is 0. The van der Waals surface area contributed by atoms with Crippen molar-refractivity contribution in [3.8, 4) is 0 Å².